The summed E-state index contributed by atoms with van der Waals surface area (Å²) < 4.78 is 18.5. The zero-order valence-corrected chi connectivity index (χ0v) is 17.1. The number of aromatic nitrogens is 2. The van der Waals surface area contributed by atoms with Crippen LogP contribution in [0.4, 0.5) is 10.1 Å². The van der Waals surface area contributed by atoms with Crippen molar-refractivity contribution < 1.29 is 18.5 Å². The summed E-state index contributed by atoms with van der Waals surface area (Å²) in [5.74, 6) is -0.0750. The van der Waals surface area contributed by atoms with Gasteiger partial charge in [0.1, 0.15) is 5.82 Å². The first-order chi connectivity index (χ1) is 15.0. The first kappa shape index (κ1) is 19.7. The summed E-state index contributed by atoms with van der Waals surface area (Å²) in [7, 11) is 0. The molecule has 3 aromatic rings. The highest BCUT2D eigenvalue weighted by Gasteiger charge is 2.42. The Morgan fingerprint density at radius 3 is 2.65 bits per heavy atom. The van der Waals surface area contributed by atoms with Gasteiger partial charge in [-0.2, -0.15) is 4.98 Å². The number of nitrogens with zero attached hydrogens (tertiary/aromatic N) is 4. The standard InChI is InChI=1S/C22H18ClFN4O3/c23-16-3-1-2-13(8-16)20-25-21(31-26-20)15-10-27(11-15)22(30)14-9-19(29)28(12-14)18-6-4-17(24)5-7-18/h1-8,14-15H,9-12H2. The number of rotatable bonds is 4. The Bertz CT molecular complexity index is 1140. The van der Waals surface area contributed by atoms with Crippen LogP contribution < -0.4 is 4.90 Å². The quantitative estimate of drug-likeness (QED) is 0.620. The van der Waals surface area contributed by atoms with Crippen molar-refractivity contribution in [3.05, 3.63) is 65.3 Å². The maximum absolute atomic E-state index is 13.1. The van der Waals surface area contributed by atoms with Gasteiger partial charge in [-0.15, -0.1) is 0 Å². The minimum absolute atomic E-state index is 0.0327. The Balaban J connectivity index is 1.20. The third-order valence-corrected chi connectivity index (χ3v) is 5.91. The molecule has 2 saturated heterocycles. The molecule has 2 aliphatic heterocycles. The van der Waals surface area contributed by atoms with Crippen molar-refractivity contribution in [1.82, 2.24) is 15.0 Å². The molecule has 0 spiro atoms. The Labute approximate surface area is 182 Å². The van der Waals surface area contributed by atoms with Gasteiger partial charge in [0.25, 0.3) is 0 Å². The minimum atomic E-state index is -0.414. The van der Waals surface area contributed by atoms with E-state index in [9.17, 15) is 14.0 Å². The molecule has 0 N–H and O–H groups in total. The number of hydrogen-bond donors (Lipinski definition) is 0. The van der Waals surface area contributed by atoms with Gasteiger partial charge in [0.05, 0.1) is 11.8 Å². The molecule has 1 aromatic heterocycles. The molecule has 2 aromatic carbocycles. The largest absolute Gasteiger partial charge is 0.341 e. The smallest absolute Gasteiger partial charge is 0.233 e. The number of carbonyl (C=O) groups is 2. The molecule has 2 fully saturated rings. The topological polar surface area (TPSA) is 79.5 Å². The number of carbonyl (C=O) groups excluding carboxylic acids is 2. The van der Waals surface area contributed by atoms with E-state index >= 15 is 0 Å². The van der Waals surface area contributed by atoms with Crippen molar-refractivity contribution in [3.63, 3.8) is 0 Å². The van der Waals surface area contributed by atoms with Crippen molar-refractivity contribution in [2.75, 3.05) is 24.5 Å². The fourth-order valence-corrected chi connectivity index (χ4v) is 4.15. The van der Waals surface area contributed by atoms with Crippen LogP contribution in [-0.4, -0.2) is 46.5 Å². The fraction of sp³-hybridized carbons (Fsp3) is 0.273. The van der Waals surface area contributed by atoms with Crippen molar-refractivity contribution in [3.8, 4) is 11.4 Å². The van der Waals surface area contributed by atoms with E-state index in [0.717, 1.165) is 5.56 Å². The van der Waals surface area contributed by atoms with Crippen molar-refractivity contribution in [1.29, 1.82) is 0 Å². The second kappa shape index (κ2) is 7.77. The average molecular weight is 441 g/mol. The van der Waals surface area contributed by atoms with E-state index in [1.54, 1.807) is 29.2 Å². The molecule has 2 amide bonds. The van der Waals surface area contributed by atoms with Crippen LogP contribution in [-0.2, 0) is 9.59 Å². The van der Waals surface area contributed by atoms with E-state index in [0.29, 0.717) is 42.1 Å². The molecular weight excluding hydrogens is 423 g/mol. The predicted octanol–water partition coefficient (Wildman–Crippen LogP) is 3.51. The number of anilines is 1. The Hall–Kier alpha value is -3.26. The van der Waals surface area contributed by atoms with Crippen LogP contribution in [0.5, 0.6) is 0 Å². The van der Waals surface area contributed by atoms with Crippen LogP contribution >= 0.6 is 11.6 Å². The number of amides is 2. The van der Waals surface area contributed by atoms with Crippen LogP contribution in [0, 0.1) is 11.7 Å². The summed E-state index contributed by atoms with van der Waals surface area (Å²) in [6.45, 7) is 1.23. The molecule has 0 aliphatic carbocycles. The lowest BCUT2D eigenvalue weighted by Crippen LogP contribution is -2.51. The second-order valence-corrected chi connectivity index (χ2v) is 8.22. The third kappa shape index (κ3) is 3.79. The normalized spacial score (nSPS) is 19.0. The Morgan fingerprint density at radius 2 is 1.90 bits per heavy atom. The molecule has 2 aliphatic rings. The van der Waals surface area contributed by atoms with E-state index in [1.165, 1.54) is 17.0 Å². The van der Waals surface area contributed by atoms with Gasteiger partial charge in [-0.1, -0.05) is 28.9 Å². The van der Waals surface area contributed by atoms with Crippen LogP contribution in [0.25, 0.3) is 11.4 Å². The first-order valence-electron chi connectivity index (χ1n) is 9.92. The highest BCUT2D eigenvalue weighted by molar-refractivity contribution is 6.30. The predicted molar refractivity (Wildman–Crippen MR) is 111 cm³/mol. The van der Waals surface area contributed by atoms with Gasteiger partial charge in [0, 0.05) is 42.3 Å². The van der Waals surface area contributed by atoms with Gasteiger partial charge < -0.3 is 14.3 Å². The number of hydrogen-bond acceptors (Lipinski definition) is 5. The van der Waals surface area contributed by atoms with E-state index in [1.807, 2.05) is 12.1 Å². The van der Waals surface area contributed by atoms with E-state index < -0.39 is 5.92 Å². The molecule has 5 rings (SSSR count). The van der Waals surface area contributed by atoms with Crippen LogP contribution in [0.15, 0.2) is 53.1 Å². The summed E-state index contributed by atoms with van der Waals surface area (Å²) in [5.41, 5.74) is 1.36. The molecule has 1 atom stereocenters. The molecule has 3 heterocycles. The summed E-state index contributed by atoms with van der Waals surface area (Å²) >= 11 is 6.01. The molecule has 0 radical (unpaired) electrons. The van der Waals surface area contributed by atoms with Crippen LogP contribution in [0.3, 0.4) is 0 Å². The molecule has 7 nitrogen and oxygen atoms in total. The molecule has 1 unspecified atom stereocenters. The van der Waals surface area contributed by atoms with Gasteiger partial charge in [-0.25, -0.2) is 4.39 Å². The summed E-state index contributed by atoms with van der Waals surface area (Å²) in [6, 6.07) is 12.9. The summed E-state index contributed by atoms with van der Waals surface area (Å²) in [5, 5.41) is 4.60. The van der Waals surface area contributed by atoms with Crippen LogP contribution in [0.2, 0.25) is 5.02 Å². The van der Waals surface area contributed by atoms with Crippen LogP contribution in [0.1, 0.15) is 18.2 Å². The first-order valence-corrected chi connectivity index (χ1v) is 10.3. The van der Waals surface area contributed by atoms with Crippen molar-refractivity contribution >= 4 is 29.1 Å². The van der Waals surface area contributed by atoms with E-state index in [4.69, 9.17) is 16.1 Å². The maximum atomic E-state index is 13.1. The fourth-order valence-electron chi connectivity index (χ4n) is 3.96. The van der Waals surface area contributed by atoms with E-state index in [2.05, 4.69) is 10.1 Å². The molecule has 0 saturated carbocycles. The monoisotopic (exact) mass is 440 g/mol. The number of halogens is 2. The summed E-state index contributed by atoms with van der Waals surface area (Å²) in [6.07, 6.45) is 0.150. The summed E-state index contributed by atoms with van der Waals surface area (Å²) in [4.78, 5) is 32.9. The van der Waals surface area contributed by atoms with Gasteiger partial charge in [0.15, 0.2) is 0 Å². The molecule has 0 bridgehead atoms. The maximum Gasteiger partial charge on any atom is 0.233 e. The molecule has 158 valence electrons. The van der Waals surface area contributed by atoms with Crippen molar-refractivity contribution in [2.45, 2.75) is 12.3 Å². The lowest BCUT2D eigenvalue weighted by Gasteiger charge is -2.38. The second-order valence-electron chi connectivity index (χ2n) is 7.79. The third-order valence-electron chi connectivity index (χ3n) is 5.68. The van der Waals surface area contributed by atoms with Gasteiger partial charge in [-0.05, 0) is 36.4 Å². The van der Waals surface area contributed by atoms with E-state index in [-0.39, 0.29) is 30.0 Å². The lowest BCUT2D eigenvalue weighted by atomic mass is 9.96. The lowest BCUT2D eigenvalue weighted by molar-refractivity contribution is -0.140. The Kier molecular flexibility index (Phi) is 4.94. The highest BCUT2D eigenvalue weighted by atomic mass is 35.5. The van der Waals surface area contributed by atoms with Crippen molar-refractivity contribution in [2.24, 2.45) is 5.92 Å². The number of benzene rings is 2. The minimum Gasteiger partial charge on any atom is -0.341 e. The SMILES string of the molecule is O=C(C1CC(=O)N(c2ccc(F)cc2)C1)N1CC(c2nc(-c3cccc(Cl)c3)no2)C1. The highest BCUT2D eigenvalue weighted by Crippen LogP contribution is 2.32. The molecular formula is C22H18ClFN4O3. The molecule has 9 heteroatoms. The van der Waals surface area contributed by atoms with Gasteiger partial charge in [-0.3, -0.25) is 9.59 Å². The Morgan fingerprint density at radius 1 is 1.13 bits per heavy atom. The average Bonchev–Trinajstić information content (AvgIpc) is 3.35. The van der Waals surface area contributed by atoms with Gasteiger partial charge in [0.2, 0.25) is 23.5 Å². The molecule has 31 heavy (non-hydrogen) atoms. The number of likely N-dealkylation sites (tertiary alicyclic amines) is 1. The van der Waals surface area contributed by atoms with Gasteiger partial charge >= 0.3 is 0 Å². The zero-order chi connectivity index (χ0) is 21.5. The zero-order valence-electron chi connectivity index (χ0n) is 16.4.